The largest absolute Gasteiger partial charge is 0.480 e. The van der Waals surface area contributed by atoms with E-state index < -0.39 is 12.0 Å². The maximum atomic E-state index is 12.0. The molecule has 2 aromatic carbocycles. The molecule has 0 fully saturated rings. The van der Waals surface area contributed by atoms with Crippen LogP contribution in [0.4, 0.5) is 5.69 Å². The predicted octanol–water partition coefficient (Wildman–Crippen LogP) is 2.41. The van der Waals surface area contributed by atoms with Gasteiger partial charge < -0.3 is 16.2 Å². The molecule has 0 heterocycles. The molecule has 0 aliphatic heterocycles. The van der Waals surface area contributed by atoms with E-state index in [1.165, 1.54) is 0 Å². The van der Waals surface area contributed by atoms with Crippen LogP contribution in [0.1, 0.15) is 24.0 Å². The van der Waals surface area contributed by atoms with Crippen LogP contribution in [0.2, 0.25) is 0 Å². The predicted molar refractivity (Wildman–Crippen MR) is 89.2 cm³/mol. The van der Waals surface area contributed by atoms with Crippen LogP contribution in [0.3, 0.4) is 0 Å². The van der Waals surface area contributed by atoms with Crippen molar-refractivity contribution in [3.8, 4) is 0 Å². The van der Waals surface area contributed by atoms with E-state index in [-0.39, 0.29) is 18.7 Å². The number of carbonyl (C=O) groups is 2. The molecule has 0 saturated heterocycles. The number of hydrogen-bond donors (Lipinski definition) is 3. The summed E-state index contributed by atoms with van der Waals surface area (Å²) in [4.78, 5) is 22.7. The van der Waals surface area contributed by atoms with Crippen LogP contribution < -0.4 is 11.1 Å². The summed E-state index contributed by atoms with van der Waals surface area (Å²) in [6, 6.07) is 16.5. The zero-order valence-corrected chi connectivity index (χ0v) is 12.7. The average molecular weight is 312 g/mol. The molecule has 0 unspecified atom stereocenters. The van der Waals surface area contributed by atoms with Gasteiger partial charge in [0.15, 0.2) is 0 Å². The number of nitrogens with two attached hydrogens (primary N) is 1. The number of benzene rings is 2. The first-order chi connectivity index (χ1) is 11.1. The summed E-state index contributed by atoms with van der Waals surface area (Å²) < 4.78 is 0. The quantitative estimate of drug-likeness (QED) is 0.732. The molecule has 2 rings (SSSR count). The molecule has 0 bridgehead atoms. The van der Waals surface area contributed by atoms with Gasteiger partial charge in [0.25, 0.3) is 0 Å². The van der Waals surface area contributed by atoms with Crippen molar-refractivity contribution >= 4 is 17.6 Å². The molecule has 0 spiro atoms. The van der Waals surface area contributed by atoms with Gasteiger partial charge >= 0.3 is 5.97 Å². The second kappa shape index (κ2) is 8.10. The molecule has 5 heteroatoms. The number of hydrogen-bond acceptors (Lipinski definition) is 3. The molecule has 23 heavy (non-hydrogen) atoms. The number of para-hydroxylation sites is 1. The van der Waals surface area contributed by atoms with Crippen LogP contribution in [0.15, 0.2) is 54.6 Å². The highest BCUT2D eigenvalue weighted by atomic mass is 16.4. The number of carboxylic acids is 1. The Bertz CT molecular complexity index is 671. The summed E-state index contributed by atoms with van der Waals surface area (Å²) in [5.41, 5.74) is 8.32. The van der Waals surface area contributed by atoms with Crippen molar-refractivity contribution < 1.29 is 14.7 Å². The summed E-state index contributed by atoms with van der Waals surface area (Å²) in [5, 5.41) is 11.6. The molecule has 0 aromatic heterocycles. The summed E-state index contributed by atoms with van der Waals surface area (Å²) in [6.07, 6.45) is 0.904. The van der Waals surface area contributed by atoms with Gasteiger partial charge in [-0.2, -0.15) is 0 Å². The zero-order valence-electron chi connectivity index (χ0n) is 12.7. The molecular formula is C18H20N2O3. The van der Waals surface area contributed by atoms with Crippen molar-refractivity contribution in [2.75, 3.05) is 5.32 Å². The fourth-order valence-corrected chi connectivity index (χ4v) is 2.23. The maximum Gasteiger partial charge on any atom is 0.320 e. The Kier molecular flexibility index (Phi) is 5.88. The van der Waals surface area contributed by atoms with E-state index in [0.29, 0.717) is 6.42 Å². The highest BCUT2D eigenvalue weighted by Gasteiger charge is 2.14. The third-order valence-corrected chi connectivity index (χ3v) is 3.53. The standard InChI is InChI=1S/C18H20N2O3/c19-15(18(22)23)10-11-17(21)20-16-9-5-4-8-14(16)12-13-6-2-1-3-7-13/h1-9,15H,10-12,19H2,(H,20,21)(H,22,23)/t15-/m0/s1. The van der Waals surface area contributed by atoms with E-state index in [1.54, 1.807) is 0 Å². The number of aliphatic carboxylic acids is 1. The average Bonchev–Trinajstić information content (AvgIpc) is 2.55. The molecular weight excluding hydrogens is 292 g/mol. The van der Waals surface area contributed by atoms with Crippen molar-refractivity contribution in [1.82, 2.24) is 0 Å². The number of nitrogens with one attached hydrogen (secondary N) is 1. The van der Waals surface area contributed by atoms with Gasteiger partial charge in [0.1, 0.15) is 6.04 Å². The van der Waals surface area contributed by atoms with Crippen LogP contribution in [0.5, 0.6) is 0 Å². The summed E-state index contributed by atoms with van der Waals surface area (Å²) >= 11 is 0. The van der Waals surface area contributed by atoms with Gasteiger partial charge in [-0.3, -0.25) is 9.59 Å². The monoisotopic (exact) mass is 312 g/mol. The number of anilines is 1. The van der Waals surface area contributed by atoms with E-state index in [9.17, 15) is 9.59 Å². The van der Waals surface area contributed by atoms with Gasteiger partial charge in [-0.1, -0.05) is 48.5 Å². The highest BCUT2D eigenvalue weighted by Crippen LogP contribution is 2.19. The van der Waals surface area contributed by atoms with E-state index >= 15 is 0 Å². The van der Waals surface area contributed by atoms with E-state index in [1.807, 2.05) is 54.6 Å². The van der Waals surface area contributed by atoms with Crippen molar-refractivity contribution in [1.29, 1.82) is 0 Å². The molecule has 0 aliphatic rings. The Balaban J connectivity index is 2.00. The second-order valence-electron chi connectivity index (χ2n) is 5.35. The SMILES string of the molecule is N[C@@H](CCC(=O)Nc1ccccc1Cc1ccccc1)C(=O)O. The molecule has 0 aliphatic carbocycles. The van der Waals surface area contributed by atoms with Crippen LogP contribution in [0, 0.1) is 0 Å². The number of rotatable bonds is 7. The van der Waals surface area contributed by atoms with Gasteiger partial charge in [0, 0.05) is 12.1 Å². The van der Waals surface area contributed by atoms with Gasteiger partial charge in [-0.25, -0.2) is 0 Å². The molecule has 1 amide bonds. The minimum atomic E-state index is -1.10. The summed E-state index contributed by atoms with van der Waals surface area (Å²) in [5.74, 6) is -1.33. The number of carboxylic acid groups (broad SMARTS) is 1. The lowest BCUT2D eigenvalue weighted by atomic mass is 10.0. The third kappa shape index (κ3) is 5.23. The summed E-state index contributed by atoms with van der Waals surface area (Å²) in [6.45, 7) is 0. The Morgan fingerprint density at radius 1 is 1.04 bits per heavy atom. The Labute approximate surface area is 135 Å². The Morgan fingerprint density at radius 2 is 1.70 bits per heavy atom. The smallest absolute Gasteiger partial charge is 0.320 e. The fourth-order valence-electron chi connectivity index (χ4n) is 2.23. The fraction of sp³-hybridized carbons (Fsp3) is 0.222. The Hall–Kier alpha value is -2.66. The lowest BCUT2D eigenvalue weighted by molar-refractivity contribution is -0.138. The zero-order chi connectivity index (χ0) is 16.7. The first kappa shape index (κ1) is 16.7. The maximum absolute atomic E-state index is 12.0. The number of amides is 1. The van der Waals surface area contributed by atoms with Gasteiger partial charge in [-0.05, 0) is 30.0 Å². The molecule has 4 N–H and O–H groups in total. The first-order valence-corrected chi connectivity index (χ1v) is 7.46. The molecule has 0 radical (unpaired) electrons. The minimum absolute atomic E-state index is 0.0765. The second-order valence-corrected chi connectivity index (χ2v) is 5.35. The molecule has 2 aromatic rings. The van der Waals surface area contributed by atoms with Crippen LogP contribution in [0.25, 0.3) is 0 Å². The van der Waals surface area contributed by atoms with Crippen molar-refractivity contribution in [2.24, 2.45) is 5.73 Å². The molecule has 5 nitrogen and oxygen atoms in total. The highest BCUT2D eigenvalue weighted by molar-refractivity contribution is 5.92. The van der Waals surface area contributed by atoms with Gasteiger partial charge in [0.2, 0.25) is 5.91 Å². The van der Waals surface area contributed by atoms with Crippen molar-refractivity contribution in [3.63, 3.8) is 0 Å². The van der Waals surface area contributed by atoms with E-state index in [0.717, 1.165) is 16.8 Å². The lowest BCUT2D eigenvalue weighted by Crippen LogP contribution is -2.31. The van der Waals surface area contributed by atoms with Crippen LogP contribution in [-0.2, 0) is 16.0 Å². The minimum Gasteiger partial charge on any atom is -0.480 e. The lowest BCUT2D eigenvalue weighted by Gasteiger charge is -2.12. The molecule has 0 saturated carbocycles. The van der Waals surface area contributed by atoms with Gasteiger partial charge in [0.05, 0.1) is 0 Å². The topological polar surface area (TPSA) is 92.4 Å². The van der Waals surface area contributed by atoms with Crippen LogP contribution in [-0.4, -0.2) is 23.0 Å². The third-order valence-electron chi connectivity index (χ3n) is 3.53. The Morgan fingerprint density at radius 3 is 2.39 bits per heavy atom. The van der Waals surface area contributed by atoms with Gasteiger partial charge in [-0.15, -0.1) is 0 Å². The van der Waals surface area contributed by atoms with Crippen molar-refractivity contribution in [2.45, 2.75) is 25.3 Å². The van der Waals surface area contributed by atoms with E-state index in [2.05, 4.69) is 5.32 Å². The first-order valence-electron chi connectivity index (χ1n) is 7.46. The molecule has 120 valence electrons. The van der Waals surface area contributed by atoms with E-state index in [4.69, 9.17) is 10.8 Å². The van der Waals surface area contributed by atoms with Crippen LogP contribution >= 0.6 is 0 Å². The number of carbonyl (C=O) groups excluding carboxylic acids is 1. The molecule has 1 atom stereocenters. The van der Waals surface area contributed by atoms with Crippen molar-refractivity contribution in [3.05, 3.63) is 65.7 Å². The summed E-state index contributed by atoms with van der Waals surface area (Å²) in [7, 11) is 0. The normalized spacial score (nSPS) is 11.7.